The highest BCUT2D eigenvalue weighted by Gasteiger charge is 2.45. The van der Waals surface area contributed by atoms with Crippen LogP contribution < -0.4 is 21.5 Å². The monoisotopic (exact) mass is 552 g/mol. The van der Waals surface area contributed by atoms with Gasteiger partial charge in [-0.2, -0.15) is 4.98 Å². The third-order valence-corrected chi connectivity index (χ3v) is 7.31. The molecule has 11 heteroatoms. The summed E-state index contributed by atoms with van der Waals surface area (Å²) >= 11 is 0. The highest BCUT2D eigenvalue weighted by Crippen LogP contribution is 2.44. The Morgan fingerprint density at radius 3 is 2.38 bits per heavy atom. The fourth-order valence-electron chi connectivity index (χ4n) is 5.05. The maximum atomic E-state index is 14.0. The average Bonchev–Trinajstić information content (AvgIpc) is 2.92. The molecule has 1 aliphatic carbocycles. The van der Waals surface area contributed by atoms with Gasteiger partial charge in [-0.15, -0.1) is 0 Å². The van der Waals surface area contributed by atoms with E-state index in [2.05, 4.69) is 32.5 Å². The van der Waals surface area contributed by atoms with Crippen molar-refractivity contribution < 1.29 is 18.4 Å². The van der Waals surface area contributed by atoms with Crippen molar-refractivity contribution in [1.29, 1.82) is 0 Å². The Balaban J connectivity index is 1.54. The van der Waals surface area contributed by atoms with Crippen LogP contribution in [0, 0.1) is 0 Å². The third-order valence-electron chi connectivity index (χ3n) is 7.31. The first-order valence-electron chi connectivity index (χ1n) is 13.3. The van der Waals surface area contributed by atoms with Crippen LogP contribution in [0.4, 0.5) is 14.7 Å². The van der Waals surface area contributed by atoms with Gasteiger partial charge in [0.25, 0.3) is 5.56 Å². The van der Waals surface area contributed by atoms with Crippen molar-refractivity contribution in [3.63, 3.8) is 0 Å². The molecule has 4 rings (SSSR count). The van der Waals surface area contributed by atoms with E-state index in [4.69, 9.17) is 0 Å². The second-order valence-electron chi connectivity index (χ2n) is 10.5. The van der Waals surface area contributed by atoms with Gasteiger partial charge in [0, 0.05) is 36.5 Å². The number of halogens is 2. The largest absolute Gasteiger partial charge is 0.348 e. The fraction of sp³-hybridized carbons (Fsp3) is 0.414. The number of fused-ring (bicyclic) bond motifs is 1. The Bertz CT molecular complexity index is 1460. The summed E-state index contributed by atoms with van der Waals surface area (Å²) in [6.45, 7) is 8.84. The Morgan fingerprint density at radius 1 is 1.07 bits per heavy atom. The number of nitrogens with one attached hydrogen (secondary N) is 3. The van der Waals surface area contributed by atoms with Crippen molar-refractivity contribution in [1.82, 2.24) is 25.2 Å². The minimum absolute atomic E-state index is 0.0662. The van der Waals surface area contributed by atoms with E-state index in [-0.39, 0.29) is 49.9 Å². The van der Waals surface area contributed by atoms with Gasteiger partial charge in [-0.05, 0) is 56.9 Å². The predicted octanol–water partition coefficient (Wildman–Crippen LogP) is 4.37. The molecule has 1 aliphatic rings. The van der Waals surface area contributed by atoms with E-state index in [1.807, 2.05) is 45.0 Å². The zero-order valence-corrected chi connectivity index (χ0v) is 22.8. The second-order valence-corrected chi connectivity index (χ2v) is 10.5. The lowest BCUT2D eigenvalue weighted by Crippen LogP contribution is -2.52. The smallest absolute Gasteiger partial charge is 0.252 e. The summed E-state index contributed by atoms with van der Waals surface area (Å²) in [5.41, 5.74) is 1.03. The molecule has 1 aromatic carbocycles. The molecule has 1 saturated carbocycles. The molecule has 40 heavy (non-hydrogen) atoms. The SMILES string of the molecule is C=CC(=O)NCC(=O)NC1(c2ccc([C@H](C)Nc3ncc4ccc(=O)n(C(C)C)c4n3)cc2)CCC(F)(F)CC1. The second kappa shape index (κ2) is 11.5. The zero-order chi connectivity index (χ0) is 29.1. The van der Waals surface area contributed by atoms with E-state index in [9.17, 15) is 23.2 Å². The highest BCUT2D eigenvalue weighted by atomic mass is 19.3. The number of carbonyl (C=O) groups is 2. The Morgan fingerprint density at radius 2 is 1.75 bits per heavy atom. The minimum atomic E-state index is -2.79. The number of alkyl halides is 2. The molecule has 212 valence electrons. The van der Waals surface area contributed by atoms with Crippen LogP contribution in [0.5, 0.6) is 0 Å². The molecule has 2 heterocycles. The van der Waals surface area contributed by atoms with Crippen LogP contribution in [-0.2, 0) is 15.1 Å². The lowest BCUT2D eigenvalue weighted by Gasteiger charge is -2.41. The van der Waals surface area contributed by atoms with Crippen molar-refractivity contribution in [3.8, 4) is 0 Å². The first-order valence-corrected chi connectivity index (χ1v) is 13.3. The molecule has 0 saturated heterocycles. The molecule has 1 fully saturated rings. The normalized spacial score (nSPS) is 16.8. The van der Waals surface area contributed by atoms with Gasteiger partial charge in [-0.3, -0.25) is 19.0 Å². The Hall–Kier alpha value is -4.15. The fourth-order valence-corrected chi connectivity index (χ4v) is 5.05. The summed E-state index contributed by atoms with van der Waals surface area (Å²) in [5, 5.41) is 9.35. The lowest BCUT2D eigenvalue weighted by atomic mass is 9.75. The number of carbonyl (C=O) groups excluding carboxylic acids is 2. The number of nitrogens with zero attached hydrogens (tertiary/aromatic N) is 3. The molecule has 9 nitrogen and oxygen atoms in total. The summed E-state index contributed by atoms with van der Waals surface area (Å²) < 4.78 is 29.7. The van der Waals surface area contributed by atoms with Crippen LogP contribution >= 0.6 is 0 Å². The molecular weight excluding hydrogens is 518 g/mol. The van der Waals surface area contributed by atoms with E-state index < -0.39 is 23.3 Å². The van der Waals surface area contributed by atoms with Gasteiger partial charge in [0.05, 0.1) is 18.1 Å². The maximum Gasteiger partial charge on any atom is 0.252 e. The van der Waals surface area contributed by atoms with E-state index in [1.54, 1.807) is 16.8 Å². The summed E-state index contributed by atoms with van der Waals surface area (Å²) in [7, 11) is 0. The molecule has 2 amide bonds. The van der Waals surface area contributed by atoms with Gasteiger partial charge < -0.3 is 16.0 Å². The molecule has 3 N–H and O–H groups in total. The van der Waals surface area contributed by atoms with Crippen LogP contribution in [0.15, 0.2) is 60.0 Å². The van der Waals surface area contributed by atoms with Gasteiger partial charge in [0.1, 0.15) is 5.65 Å². The molecule has 2 aromatic heterocycles. The Labute approximate surface area is 231 Å². The van der Waals surface area contributed by atoms with E-state index in [0.29, 0.717) is 17.2 Å². The summed E-state index contributed by atoms with van der Waals surface area (Å²) in [6.07, 6.45) is 2.15. The van der Waals surface area contributed by atoms with Gasteiger partial charge in [-0.1, -0.05) is 30.8 Å². The topological polar surface area (TPSA) is 118 Å². The summed E-state index contributed by atoms with van der Waals surface area (Å²) in [6, 6.07) is 10.3. The molecule has 1 atom stereocenters. The van der Waals surface area contributed by atoms with E-state index in [1.165, 1.54) is 6.07 Å². The molecule has 0 spiro atoms. The van der Waals surface area contributed by atoms with Crippen molar-refractivity contribution in [2.45, 2.75) is 70.0 Å². The molecule has 3 aromatic rings. The van der Waals surface area contributed by atoms with Crippen molar-refractivity contribution >= 4 is 28.8 Å². The zero-order valence-electron chi connectivity index (χ0n) is 22.8. The van der Waals surface area contributed by atoms with Gasteiger partial charge >= 0.3 is 0 Å². The Kier molecular flexibility index (Phi) is 8.32. The first kappa shape index (κ1) is 28.8. The summed E-state index contributed by atoms with van der Waals surface area (Å²) in [5.74, 6) is -3.38. The number of anilines is 1. The van der Waals surface area contributed by atoms with Crippen LogP contribution in [-0.4, -0.2) is 38.8 Å². The number of benzene rings is 1. The van der Waals surface area contributed by atoms with Crippen molar-refractivity contribution in [2.75, 3.05) is 11.9 Å². The van der Waals surface area contributed by atoms with Crippen LogP contribution in [0.2, 0.25) is 0 Å². The van der Waals surface area contributed by atoms with Gasteiger partial charge in [0.15, 0.2) is 0 Å². The standard InChI is InChI=1S/C29H34F2N6O3/c1-5-23(38)32-17-24(39)36-28(12-14-29(30,31)15-13-28)22-9-6-20(7-10-22)19(4)34-27-33-16-21-8-11-25(40)37(18(2)3)26(21)35-27/h5-11,16,18-19H,1,12-15,17H2,2-4H3,(H,32,38)(H,36,39)(H,33,34,35)/t19-/m0/s1. The van der Waals surface area contributed by atoms with Gasteiger partial charge in [-0.25, -0.2) is 13.8 Å². The third kappa shape index (κ3) is 6.35. The summed E-state index contributed by atoms with van der Waals surface area (Å²) in [4.78, 5) is 45.5. The van der Waals surface area contributed by atoms with Crippen molar-refractivity contribution in [3.05, 3.63) is 76.7 Å². The van der Waals surface area contributed by atoms with E-state index in [0.717, 1.165) is 17.0 Å². The number of hydrogen-bond donors (Lipinski definition) is 3. The molecule has 0 aliphatic heterocycles. The maximum absolute atomic E-state index is 14.0. The number of aromatic nitrogens is 3. The molecule has 0 bridgehead atoms. The predicted molar refractivity (Wildman–Crippen MR) is 149 cm³/mol. The number of pyridine rings is 1. The quantitative estimate of drug-likeness (QED) is 0.340. The first-order chi connectivity index (χ1) is 18.9. The highest BCUT2D eigenvalue weighted by molar-refractivity contribution is 5.91. The van der Waals surface area contributed by atoms with Crippen LogP contribution in [0.25, 0.3) is 11.0 Å². The number of hydrogen-bond acceptors (Lipinski definition) is 6. The lowest BCUT2D eigenvalue weighted by molar-refractivity contribution is -0.127. The van der Waals surface area contributed by atoms with Crippen LogP contribution in [0.3, 0.4) is 0 Å². The molecule has 0 unspecified atom stereocenters. The average molecular weight is 553 g/mol. The van der Waals surface area contributed by atoms with Gasteiger partial charge in [0.2, 0.25) is 23.7 Å². The molecule has 0 radical (unpaired) electrons. The van der Waals surface area contributed by atoms with Crippen molar-refractivity contribution in [2.24, 2.45) is 0 Å². The number of amides is 2. The van der Waals surface area contributed by atoms with Crippen LogP contribution in [0.1, 0.15) is 69.7 Å². The minimum Gasteiger partial charge on any atom is -0.348 e. The number of rotatable bonds is 9. The van der Waals surface area contributed by atoms with E-state index >= 15 is 0 Å². The molecular formula is C29H34F2N6O3.